The molecule has 4 aromatic rings. The smallest absolute Gasteiger partial charge is 0.323 e. The van der Waals surface area contributed by atoms with Crippen molar-refractivity contribution in [1.29, 1.82) is 0 Å². The van der Waals surface area contributed by atoms with E-state index in [1.165, 1.54) is 33.8 Å². The molecule has 0 radical (unpaired) electrons. The minimum Gasteiger partial charge on any atom is -0.495 e. The molecule has 1 aliphatic carbocycles. The molecule has 3 heterocycles. The lowest BCUT2D eigenvalue weighted by Gasteiger charge is -2.31. The summed E-state index contributed by atoms with van der Waals surface area (Å²) in [5.41, 5.74) is 5.29. The van der Waals surface area contributed by atoms with E-state index < -0.39 is 0 Å². The molecule has 1 aliphatic heterocycles. The van der Waals surface area contributed by atoms with E-state index in [-0.39, 0.29) is 12.1 Å². The van der Waals surface area contributed by atoms with Crippen molar-refractivity contribution in [2.24, 2.45) is 0 Å². The number of halogens is 1. The zero-order valence-corrected chi connectivity index (χ0v) is 23.1. The highest BCUT2D eigenvalue weighted by molar-refractivity contribution is 7.15. The maximum absolute atomic E-state index is 14.2. The highest BCUT2D eigenvalue weighted by Crippen LogP contribution is 2.44. The van der Waals surface area contributed by atoms with Crippen molar-refractivity contribution >= 4 is 34.7 Å². The summed E-state index contributed by atoms with van der Waals surface area (Å²) >= 11 is 8.16. The maximum Gasteiger partial charge on any atom is 0.323 e. The molecule has 6 rings (SSSR count). The van der Waals surface area contributed by atoms with Gasteiger partial charge in [0.15, 0.2) is 0 Å². The Labute approximate surface area is 231 Å². The largest absolute Gasteiger partial charge is 0.495 e. The number of thiophene rings is 1. The molecule has 8 heteroatoms. The van der Waals surface area contributed by atoms with Gasteiger partial charge < -0.3 is 24.3 Å². The van der Waals surface area contributed by atoms with Gasteiger partial charge in [-0.2, -0.15) is 0 Å². The molecule has 196 valence electrons. The number of aryl methyl sites for hydroxylation is 1. The third kappa shape index (κ3) is 4.44. The van der Waals surface area contributed by atoms with Crippen LogP contribution in [0.1, 0.15) is 53.1 Å². The zero-order valence-electron chi connectivity index (χ0n) is 21.5. The van der Waals surface area contributed by atoms with Crippen molar-refractivity contribution in [3.63, 3.8) is 0 Å². The van der Waals surface area contributed by atoms with Crippen molar-refractivity contribution in [3.05, 3.63) is 93.1 Å². The fraction of sp³-hybridized carbons (Fsp3) is 0.300. The summed E-state index contributed by atoms with van der Waals surface area (Å²) in [6, 6.07) is 17.0. The number of hydrogen-bond acceptors (Lipinski definition) is 4. The lowest BCUT2D eigenvalue weighted by atomic mass is 9.95. The van der Waals surface area contributed by atoms with Crippen LogP contribution >= 0.6 is 22.9 Å². The van der Waals surface area contributed by atoms with E-state index >= 15 is 0 Å². The normalized spacial score (nSPS) is 16.2. The molecule has 0 saturated carbocycles. The minimum atomic E-state index is -0.301. The van der Waals surface area contributed by atoms with E-state index in [2.05, 4.69) is 40.3 Å². The molecule has 0 spiro atoms. The Morgan fingerprint density at radius 3 is 2.71 bits per heavy atom. The zero-order chi connectivity index (χ0) is 26.2. The highest BCUT2D eigenvalue weighted by Gasteiger charge is 2.36. The van der Waals surface area contributed by atoms with Crippen molar-refractivity contribution in [2.75, 3.05) is 19.0 Å². The molecule has 2 aromatic heterocycles. The monoisotopic (exact) mass is 547 g/mol. The molecule has 38 heavy (non-hydrogen) atoms. The third-order valence-electron chi connectivity index (χ3n) is 7.35. The van der Waals surface area contributed by atoms with Crippen molar-refractivity contribution in [1.82, 2.24) is 9.47 Å². The Kier molecular flexibility index (Phi) is 6.80. The Bertz CT molecular complexity index is 1480. The van der Waals surface area contributed by atoms with E-state index in [4.69, 9.17) is 21.1 Å². The number of aromatic nitrogens is 1. The van der Waals surface area contributed by atoms with Crippen LogP contribution in [0.4, 0.5) is 10.5 Å². The second-order valence-corrected chi connectivity index (χ2v) is 11.1. The molecule has 2 aliphatic rings. The van der Waals surface area contributed by atoms with Crippen LogP contribution in [0.5, 0.6) is 11.5 Å². The number of anilines is 1. The van der Waals surface area contributed by atoms with Crippen molar-refractivity contribution < 1.29 is 14.3 Å². The van der Waals surface area contributed by atoms with Gasteiger partial charge in [-0.3, -0.25) is 0 Å². The van der Waals surface area contributed by atoms with Gasteiger partial charge in [-0.25, -0.2) is 4.79 Å². The van der Waals surface area contributed by atoms with Crippen LogP contribution in [-0.4, -0.2) is 29.2 Å². The first-order chi connectivity index (χ1) is 18.6. The number of fused-ring (bicyclic) bond motifs is 5. The average molecular weight is 548 g/mol. The van der Waals surface area contributed by atoms with Crippen LogP contribution in [0, 0.1) is 0 Å². The SMILES string of the molecule is CCOc1ccc([C@@H]2c3cccn3-c3sc4c(c3CN2C(=O)Nc2cc(Cl)ccc2OC)CCCC4)cc1. The molecule has 2 amide bonds. The first kappa shape index (κ1) is 24.9. The minimum absolute atomic E-state index is 0.208. The fourth-order valence-electron chi connectivity index (χ4n) is 5.62. The standard InChI is InChI=1S/C30H30ClN3O3S/c1-3-37-21-13-10-19(11-14-21)28-25-8-6-16-33(25)29-23(22-7-4-5-9-27(22)38-29)18-34(28)30(35)32-24-17-20(31)12-15-26(24)36-2/h6,8,10-17,28H,3-5,7,9,18H2,1-2H3,(H,32,35)/t28-/m1/s1. The van der Waals surface area contributed by atoms with Gasteiger partial charge in [-0.15, -0.1) is 11.3 Å². The highest BCUT2D eigenvalue weighted by atomic mass is 35.5. The number of benzene rings is 2. The van der Waals surface area contributed by atoms with Gasteiger partial charge >= 0.3 is 6.03 Å². The van der Waals surface area contributed by atoms with Gasteiger partial charge in [0, 0.05) is 21.7 Å². The lowest BCUT2D eigenvalue weighted by Crippen LogP contribution is -2.38. The Morgan fingerprint density at radius 1 is 1.11 bits per heavy atom. The number of urea groups is 1. The summed E-state index contributed by atoms with van der Waals surface area (Å²) < 4.78 is 13.5. The number of carbonyl (C=O) groups excluding carboxylic acids is 1. The van der Waals surface area contributed by atoms with Crippen LogP contribution in [0.25, 0.3) is 5.00 Å². The van der Waals surface area contributed by atoms with Crippen LogP contribution in [0.3, 0.4) is 0 Å². The summed E-state index contributed by atoms with van der Waals surface area (Å²) in [4.78, 5) is 17.6. The summed E-state index contributed by atoms with van der Waals surface area (Å²) in [6.07, 6.45) is 6.70. The van der Waals surface area contributed by atoms with Gasteiger partial charge in [-0.05, 0) is 86.2 Å². The van der Waals surface area contributed by atoms with Gasteiger partial charge in [0.1, 0.15) is 16.5 Å². The number of methoxy groups -OCH3 is 1. The third-order valence-corrected chi connectivity index (χ3v) is 8.92. The molecule has 0 unspecified atom stereocenters. The van der Waals surface area contributed by atoms with Gasteiger partial charge in [0.2, 0.25) is 0 Å². The predicted molar refractivity (Wildman–Crippen MR) is 152 cm³/mol. The summed E-state index contributed by atoms with van der Waals surface area (Å²) in [6.45, 7) is 3.09. The predicted octanol–water partition coefficient (Wildman–Crippen LogP) is 7.62. The Balaban J connectivity index is 1.47. The van der Waals surface area contributed by atoms with Crippen molar-refractivity contribution in [2.45, 2.75) is 45.2 Å². The Hall–Kier alpha value is -3.42. The van der Waals surface area contributed by atoms with Gasteiger partial charge in [0.05, 0.1) is 37.7 Å². The molecule has 1 N–H and O–H groups in total. The summed E-state index contributed by atoms with van der Waals surface area (Å²) in [7, 11) is 1.59. The van der Waals surface area contributed by atoms with E-state index in [0.717, 1.165) is 29.8 Å². The van der Waals surface area contributed by atoms with E-state index in [0.29, 0.717) is 29.6 Å². The number of nitrogens with one attached hydrogen (secondary N) is 1. The number of ether oxygens (including phenoxy) is 2. The van der Waals surface area contributed by atoms with E-state index in [1.54, 1.807) is 25.3 Å². The maximum atomic E-state index is 14.2. The molecule has 6 nitrogen and oxygen atoms in total. The number of rotatable bonds is 5. The van der Waals surface area contributed by atoms with Gasteiger partial charge in [-0.1, -0.05) is 23.7 Å². The second kappa shape index (κ2) is 10.4. The van der Waals surface area contributed by atoms with E-state index in [9.17, 15) is 4.79 Å². The molecule has 0 fully saturated rings. The van der Waals surface area contributed by atoms with E-state index in [1.807, 2.05) is 35.3 Å². The number of nitrogens with zero attached hydrogens (tertiary/aromatic N) is 2. The molecule has 0 saturated heterocycles. The molecule has 0 bridgehead atoms. The van der Waals surface area contributed by atoms with Crippen LogP contribution in [0.2, 0.25) is 5.02 Å². The molecular formula is C30H30ClN3O3S. The first-order valence-corrected chi connectivity index (χ1v) is 14.2. The second-order valence-electron chi connectivity index (χ2n) is 9.60. The first-order valence-electron chi connectivity index (χ1n) is 13.0. The molecular weight excluding hydrogens is 518 g/mol. The average Bonchev–Trinajstić information content (AvgIpc) is 3.51. The quantitative estimate of drug-likeness (QED) is 0.279. The topological polar surface area (TPSA) is 55.7 Å². The van der Waals surface area contributed by atoms with Crippen molar-refractivity contribution in [3.8, 4) is 16.5 Å². The molecule has 2 aromatic carbocycles. The fourth-order valence-corrected chi connectivity index (χ4v) is 7.19. The van der Waals surface area contributed by atoms with Crippen LogP contribution in [-0.2, 0) is 19.4 Å². The van der Waals surface area contributed by atoms with Crippen LogP contribution in [0.15, 0.2) is 60.8 Å². The number of carbonyl (C=O) groups is 1. The van der Waals surface area contributed by atoms with Crippen LogP contribution < -0.4 is 14.8 Å². The molecule has 1 atom stereocenters. The lowest BCUT2D eigenvalue weighted by molar-refractivity contribution is 0.194. The Morgan fingerprint density at radius 2 is 1.92 bits per heavy atom. The number of hydrogen-bond donors (Lipinski definition) is 1. The van der Waals surface area contributed by atoms with Gasteiger partial charge in [0.25, 0.3) is 0 Å². The summed E-state index contributed by atoms with van der Waals surface area (Å²) in [5.74, 6) is 1.38. The summed E-state index contributed by atoms with van der Waals surface area (Å²) in [5, 5.41) is 4.86. The number of amides is 2.